The van der Waals surface area contributed by atoms with Gasteiger partial charge in [0.25, 0.3) is 0 Å². The summed E-state index contributed by atoms with van der Waals surface area (Å²) in [5.74, 6) is 0.602. The van der Waals surface area contributed by atoms with E-state index in [-0.39, 0.29) is 5.97 Å². The monoisotopic (exact) mass is 275 g/mol. The zero-order valence-electron chi connectivity index (χ0n) is 10.5. The molecule has 2 aromatic rings. The normalized spacial score (nSPS) is 14.4. The van der Waals surface area contributed by atoms with E-state index in [1.807, 2.05) is 5.38 Å². The molecule has 19 heavy (non-hydrogen) atoms. The first-order valence-electron chi connectivity index (χ1n) is 6.22. The van der Waals surface area contributed by atoms with Crippen molar-refractivity contribution in [3.8, 4) is 11.5 Å². The van der Waals surface area contributed by atoms with Crippen molar-refractivity contribution in [2.75, 3.05) is 6.61 Å². The van der Waals surface area contributed by atoms with Gasteiger partial charge in [-0.05, 0) is 19.8 Å². The number of ether oxygens (including phenoxy) is 1. The quantitative estimate of drug-likeness (QED) is 0.803. The molecule has 1 saturated carbocycles. The lowest BCUT2D eigenvalue weighted by Gasteiger charge is -2.07. The average Bonchev–Trinajstić information content (AvgIpc) is 3.13. The van der Waals surface area contributed by atoms with Gasteiger partial charge >= 0.3 is 5.97 Å². The third-order valence-corrected chi connectivity index (χ3v) is 3.53. The number of hydrogen-bond acceptors (Lipinski definition) is 6. The average molecular weight is 275 g/mol. The van der Waals surface area contributed by atoms with E-state index in [9.17, 15) is 4.79 Å². The number of thiazole rings is 1. The Labute approximate surface area is 114 Å². The Bertz CT molecular complexity index is 594. The Balaban J connectivity index is 2.00. The van der Waals surface area contributed by atoms with Crippen molar-refractivity contribution in [2.45, 2.75) is 25.7 Å². The molecule has 0 aromatic carbocycles. The van der Waals surface area contributed by atoms with Gasteiger partial charge in [-0.2, -0.15) is 0 Å². The SMILES string of the molecule is CCOC(=O)c1cnc(-c2cscn2)nc1C1CC1. The van der Waals surface area contributed by atoms with Crippen molar-refractivity contribution >= 4 is 17.3 Å². The van der Waals surface area contributed by atoms with Crippen LogP contribution in [0.1, 0.15) is 41.7 Å². The van der Waals surface area contributed by atoms with E-state index in [2.05, 4.69) is 15.0 Å². The largest absolute Gasteiger partial charge is 0.462 e. The minimum atomic E-state index is -0.339. The lowest BCUT2D eigenvalue weighted by atomic mass is 10.1. The van der Waals surface area contributed by atoms with E-state index in [0.717, 1.165) is 24.2 Å². The highest BCUT2D eigenvalue weighted by Gasteiger charge is 2.31. The van der Waals surface area contributed by atoms with Crippen LogP contribution in [-0.4, -0.2) is 27.5 Å². The lowest BCUT2D eigenvalue weighted by Crippen LogP contribution is -2.11. The zero-order valence-corrected chi connectivity index (χ0v) is 11.3. The smallest absolute Gasteiger partial charge is 0.341 e. The molecule has 1 fully saturated rings. The first-order chi connectivity index (χ1) is 9.29. The summed E-state index contributed by atoms with van der Waals surface area (Å²) in [5.41, 5.74) is 3.79. The molecule has 0 unspecified atom stereocenters. The van der Waals surface area contributed by atoms with Crippen LogP contribution >= 0.6 is 11.3 Å². The highest BCUT2D eigenvalue weighted by atomic mass is 32.1. The summed E-state index contributed by atoms with van der Waals surface area (Å²) in [6.07, 6.45) is 3.70. The highest BCUT2D eigenvalue weighted by molar-refractivity contribution is 7.07. The third-order valence-electron chi connectivity index (χ3n) is 2.94. The Morgan fingerprint density at radius 3 is 2.95 bits per heavy atom. The summed E-state index contributed by atoms with van der Waals surface area (Å²) >= 11 is 1.50. The lowest BCUT2D eigenvalue weighted by molar-refractivity contribution is 0.0524. The maximum atomic E-state index is 11.9. The molecule has 2 heterocycles. The van der Waals surface area contributed by atoms with Crippen molar-refractivity contribution < 1.29 is 9.53 Å². The molecule has 6 heteroatoms. The molecule has 5 nitrogen and oxygen atoms in total. The van der Waals surface area contributed by atoms with Crippen molar-refractivity contribution in [3.05, 3.63) is 28.3 Å². The van der Waals surface area contributed by atoms with Crippen molar-refractivity contribution in [2.24, 2.45) is 0 Å². The topological polar surface area (TPSA) is 65.0 Å². The number of carbonyl (C=O) groups excluding carboxylic acids is 1. The fourth-order valence-corrected chi connectivity index (χ4v) is 2.41. The number of hydrogen-bond donors (Lipinski definition) is 0. The molecule has 2 aromatic heterocycles. The molecule has 3 rings (SSSR count). The molecule has 1 aliphatic carbocycles. The second kappa shape index (κ2) is 5.05. The Morgan fingerprint density at radius 1 is 1.47 bits per heavy atom. The summed E-state index contributed by atoms with van der Waals surface area (Å²) in [6.45, 7) is 2.15. The fourth-order valence-electron chi connectivity index (χ4n) is 1.88. The molecule has 0 spiro atoms. The molecule has 0 amide bonds. The van der Waals surface area contributed by atoms with Crippen molar-refractivity contribution in [1.29, 1.82) is 0 Å². The standard InChI is InChI=1S/C13H13N3O2S/c1-2-18-13(17)9-5-14-12(10-6-19-7-15-10)16-11(9)8-3-4-8/h5-8H,2-4H2,1H3. The molecule has 0 radical (unpaired) electrons. The maximum Gasteiger partial charge on any atom is 0.341 e. The van der Waals surface area contributed by atoms with E-state index in [4.69, 9.17) is 4.74 Å². The number of carbonyl (C=O) groups is 1. The Kier molecular flexibility index (Phi) is 3.25. The fraction of sp³-hybridized carbons (Fsp3) is 0.385. The second-order valence-electron chi connectivity index (χ2n) is 4.36. The van der Waals surface area contributed by atoms with Gasteiger partial charge in [0.05, 0.1) is 23.4 Å². The molecule has 0 atom stereocenters. The van der Waals surface area contributed by atoms with Gasteiger partial charge in [-0.25, -0.2) is 19.7 Å². The van der Waals surface area contributed by atoms with Crippen LogP contribution in [0.4, 0.5) is 0 Å². The van der Waals surface area contributed by atoms with Gasteiger partial charge in [0, 0.05) is 17.5 Å². The van der Waals surface area contributed by atoms with E-state index < -0.39 is 0 Å². The van der Waals surface area contributed by atoms with Crippen LogP contribution in [0.3, 0.4) is 0 Å². The summed E-state index contributed by atoms with van der Waals surface area (Å²) in [5, 5.41) is 1.90. The maximum absolute atomic E-state index is 11.9. The van der Waals surface area contributed by atoms with Gasteiger partial charge in [-0.3, -0.25) is 0 Å². The Morgan fingerprint density at radius 2 is 2.32 bits per heavy atom. The number of nitrogens with zero attached hydrogens (tertiary/aromatic N) is 3. The van der Waals surface area contributed by atoms with E-state index in [0.29, 0.717) is 23.9 Å². The van der Waals surface area contributed by atoms with Gasteiger partial charge in [0.2, 0.25) is 0 Å². The summed E-state index contributed by atoms with van der Waals surface area (Å²) < 4.78 is 5.04. The molecule has 0 bridgehead atoms. The first kappa shape index (κ1) is 12.2. The number of rotatable bonds is 4. The van der Waals surface area contributed by atoms with Crippen LogP contribution in [0, 0.1) is 0 Å². The predicted octanol–water partition coefficient (Wildman–Crippen LogP) is 2.65. The van der Waals surface area contributed by atoms with Crippen LogP contribution in [0.5, 0.6) is 0 Å². The van der Waals surface area contributed by atoms with Crippen molar-refractivity contribution in [1.82, 2.24) is 15.0 Å². The van der Waals surface area contributed by atoms with Crippen LogP contribution in [0.15, 0.2) is 17.1 Å². The van der Waals surface area contributed by atoms with Gasteiger partial charge in [0.1, 0.15) is 5.69 Å². The van der Waals surface area contributed by atoms with Gasteiger partial charge < -0.3 is 4.74 Å². The minimum Gasteiger partial charge on any atom is -0.462 e. The summed E-state index contributed by atoms with van der Waals surface area (Å²) in [4.78, 5) is 24.8. The van der Waals surface area contributed by atoms with E-state index in [1.54, 1.807) is 18.6 Å². The summed E-state index contributed by atoms with van der Waals surface area (Å²) in [6, 6.07) is 0. The number of esters is 1. The van der Waals surface area contributed by atoms with Crippen LogP contribution in [0.2, 0.25) is 0 Å². The van der Waals surface area contributed by atoms with Crippen LogP contribution in [-0.2, 0) is 4.74 Å². The summed E-state index contributed by atoms with van der Waals surface area (Å²) in [7, 11) is 0. The third kappa shape index (κ3) is 2.49. The second-order valence-corrected chi connectivity index (χ2v) is 5.08. The van der Waals surface area contributed by atoms with Gasteiger partial charge in [-0.1, -0.05) is 0 Å². The Hall–Kier alpha value is -1.82. The molecule has 0 saturated heterocycles. The molecule has 1 aliphatic rings. The predicted molar refractivity (Wildman–Crippen MR) is 71.1 cm³/mol. The molecule has 98 valence electrons. The van der Waals surface area contributed by atoms with E-state index >= 15 is 0 Å². The minimum absolute atomic E-state index is 0.339. The van der Waals surface area contributed by atoms with Gasteiger partial charge in [0.15, 0.2) is 5.82 Å². The number of aromatic nitrogens is 3. The zero-order chi connectivity index (χ0) is 13.2. The van der Waals surface area contributed by atoms with Gasteiger partial charge in [-0.15, -0.1) is 11.3 Å². The molecule has 0 N–H and O–H groups in total. The highest BCUT2D eigenvalue weighted by Crippen LogP contribution is 2.41. The first-order valence-corrected chi connectivity index (χ1v) is 7.16. The molecule has 0 aliphatic heterocycles. The van der Waals surface area contributed by atoms with Crippen molar-refractivity contribution in [3.63, 3.8) is 0 Å². The van der Waals surface area contributed by atoms with Crippen LogP contribution < -0.4 is 0 Å². The van der Waals surface area contributed by atoms with Crippen LogP contribution in [0.25, 0.3) is 11.5 Å². The molecular weight excluding hydrogens is 262 g/mol. The van der Waals surface area contributed by atoms with E-state index in [1.165, 1.54) is 11.3 Å². The molecular formula is C13H13N3O2S.